The highest BCUT2D eigenvalue weighted by atomic mass is 79.9. The Morgan fingerprint density at radius 2 is 1.67 bits per heavy atom. The Labute approximate surface area is 92.7 Å². The Morgan fingerprint density at radius 1 is 1.27 bits per heavy atom. The van der Waals surface area contributed by atoms with Gasteiger partial charge in [-0.2, -0.15) is 0 Å². The zero-order valence-electron chi connectivity index (χ0n) is 7.54. The summed E-state index contributed by atoms with van der Waals surface area (Å²) in [7, 11) is 0. The first-order chi connectivity index (χ1) is 6.97. The van der Waals surface area contributed by atoms with Crippen LogP contribution in [0.3, 0.4) is 0 Å². The summed E-state index contributed by atoms with van der Waals surface area (Å²) in [4.78, 5) is 32.0. The lowest BCUT2D eigenvalue weighted by molar-refractivity contribution is -0.606. The minimum absolute atomic E-state index is 0.0157. The highest BCUT2D eigenvalue weighted by molar-refractivity contribution is 9.09. The molecule has 0 aromatic rings. The second-order valence-corrected chi connectivity index (χ2v) is 3.70. The predicted octanol–water partition coefficient (Wildman–Crippen LogP) is -0.486. The van der Waals surface area contributed by atoms with Crippen LogP contribution in [-0.4, -0.2) is 51.2 Å². The third kappa shape index (κ3) is 2.41. The summed E-state index contributed by atoms with van der Waals surface area (Å²) >= 11 is 2.91. The number of likely N-dealkylation sites (tertiary alicyclic amines) is 1. The second-order valence-electron chi connectivity index (χ2n) is 3.14. The fraction of sp³-hybridized carbons (Fsp3) is 0.833. The maximum Gasteiger partial charge on any atom is 0.297 e. The number of carbonyl (C=O) groups excluding carboxylic acids is 1. The number of halogens is 1. The van der Waals surface area contributed by atoms with E-state index in [2.05, 4.69) is 15.9 Å². The van der Waals surface area contributed by atoms with Crippen molar-refractivity contribution < 1.29 is 14.6 Å². The summed E-state index contributed by atoms with van der Waals surface area (Å²) in [5.74, 6) is -0.369. The van der Waals surface area contributed by atoms with E-state index in [1.54, 1.807) is 0 Å². The molecule has 0 aromatic heterocycles. The van der Waals surface area contributed by atoms with Crippen molar-refractivity contribution in [2.75, 3.05) is 18.4 Å². The molecule has 1 saturated heterocycles. The number of nitro groups is 2. The van der Waals surface area contributed by atoms with E-state index in [4.69, 9.17) is 0 Å². The molecule has 0 N–H and O–H groups in total. The Hall–Kier alpha value is -1.25. The summed E-state index contributed by atoms with van der Waals surface area (Å²) in [5.41, 5.74) is 0. The van der Waals surface area contributed by atoms with E-state index in [1.165, 1.54) is 0 Å². The van der Waals surface area contributed by atoms with Gasteiger partial charge >= 0.3 is 0 Å². The van der Waals surface area contributed by atoms with Crippen LogP contribution in [0, 0.1) is 20.2 Å². The number of amides is 1. The van der Waals surface area contributed by atoms with Gasteiger partial charge in [0.25, 0.3) is 12.1 Å². The van der Waals surface area contributed by atoms with E-state index in [1.807, 2.05) is 0 Å². The Balaban J connectivity index is 2.78. The topological polar surface area (TPSA) is 107 Å². The van der Waals surface area contributed by atoms with Crippen molar-refractivity contribution in [3.8, 4) is 0 Å². The molecule has 0 aromatic carbocycles. The van der Waals surface area contributed by atoms with Crippen LogP contribution >= 0.6 is 15.9 Å². The fourth-order valence-electron chi connectivity index (χ4n) is 1.47. The zero-order chi connectivity index (χ0) is 11.6. The lowest BCUT2D eigenvalue weighted by atomic mass is 10.2. The van der Waals surface area contributed by atoms with Gasteiger partial charge in [0.05, 0.1) is 18.4 Å². The second kappa shape index (κ2) is 4.51. The van der Waals surface area contributed by atoms with Crippen molar-refractivity contribution in [2.45, 2.75) is 12.1 Å². The van der Waals surface area contributed by atoms with Gasteiger partial charge in [-0.05, 0) is 0 Å². The maximum absolute atomic E-state index is 11.2. The number of hydrogen-bond acceptors (Lipinski definition) is 5. The van der Waals surface area contributed by atoms with Crippen LogP contribution in [0.1, 0.15) is 0 Å². The first-order valence-corrected chi connectivity index (χ1v) is 5.20. The Morgan fingerprint density at radius 3 is 1.93 bits per heavy atom. The van der Waals surface area contributed by atoms with Crippen molar-refractivity contribution in [2.24, 2.45) is 0 Å². The summed E-state index contributed by atoms with van der Waals surface area (Å²) in [6, 6.07) is -2.61. The molecule has 0 saturated carbocycles. The number of nitrogens with zero attached hydrogens (tertiary/aromatic N) is 3. The van der Waals surface area contributed by atoms with Gasteiger partial charge in [0.2, 0.25) is 5.91 Å². The third-order valence-corrected chi connectivity index (χ3v) is 2.75. The molecule has 84 valence electrons. The largest absolute Gasteiger partial charge is 0.328 e. The van der Waals surface area contributed by atoms with Crippen LogP contribution in [0.5, 0.6) is 0 Å². The molecule has 1 heterocycles. The van der Waals surface area contributed by atoms with Crippen molar-refractivity contribution in [3.05, 3.63) is 20.2 Å². The van der Waals surface area contributed by atoms with Crippen LogP contribution in [-0.2, 0) is 4.79 Å². The molecular weight excluding hydrogens is 274 g/mol. The lowest BCUT2D eigenvalue weighted by Crippen LogP contribution is -2.37. The number of carbonyl (C=O) groups is 1. The molecule has 0 radical (unpaired) electrons. The molecule has 1 fully saturated rings. The molecule has 0 spiro atoms. The van der Waals surface area contributed by atoms with Gasteiger partial charge in [-0.3, -0.25) is 25.0 Å². The molecule has 0 aliphatic carbocycles. The maximum atomic E-state index is 11.2. The normalized spacial score (nSPS) is 25.3. The summed E-state index contributed by atoms with van der Waals surface area (Å²) < 4.78 is 0. The van der Waals surface area contributed by atoms with E-state index in [9.17, 15) is 25.0 Å². The van der Waals surface area contributed by atoms with E-state index < -0.39 is 21.9 Å². The van der Waals surface area contributed by atoms with Gasteiger partial charge in [0.1, 0.15) is 0 Å². The molecule has 1 aliphatic heterocycles. The number of rotatable bonds is 3. The quantitative estimate of drug-likeness (QED) is 0.394. The molecule has 8 nitrogen and oxygen atoms in total. The lowest BCUT2D eigenvalue weighted by Gasteiger charge is -2.10. The first kappa shape index (κ1) is 11.8. The fourth-order valence-corrected chi connectivity index (χ4v) is 1.83. The van der Waals surface area contributed by atoms with Crippen molar-refractivity contribution in [3.63, 3.8) is 0 Å². The third-order valence-electron chi connectivity index (χ3n) is 2.27. The van der Waals surface area contributed by atoms with Gasteiger partial charge in [-0.15, -0.1) is 0 Å². The standard InChI is InChI=1S/C6H8BrN3O5/c7-1-6(11)8-2-4(9(12)13)5(3-8)10(14)15/h4-5H,1-3H2. The van der Waals surface area contributed by atoms with Crippen LogP contribution in [0.4, 0.5) is 0 Å². The van der Waals surface area contributed by atoms with Crippen LogP contribution in [0.25, 0.3) is 0 Å². The van der Waals surface area contributed by atoms with Crippen LogP contribution in [0.15, 0.2) is 0 Å². The number of alkyl halides is 1. The molecule has 0 bridgehead atoms. The van der Waals surface area contributed by atoms with E-state index in [0.717, 1.165) is 4.90 Å². The molecule has 1 rings (SSSR count). The SMILES string of the molecule is O=C(CBr)N1CC([N+](=O)[O-])C([N+](=O)[O-])C1. The first-order valence-electron chi connectivity index (χ1n) is 4.08. The van der Waals surface area contributed by atoms with Crippen molar-refractivity contribution in [1.29, 1.82) is 0 Å². The van der Waals surface area contributed by atoms with Gasteiger partial charge in [-0.1, -0.05) is 15.9 Å². The van der Waals surface area contributed by atoms with E-state index in [0.29, 0.717) is 0 Å². The van der Waals surface area contributed by atoms with E-state index >= 15 is 0 Å². The Bertz CT molecular complexity index is 287. The average molecular weight is 282 g/mol. The van der Waals surface area contributed by atoms with Crippen LogP contribution < -0.4 is 0 Å². The minimum atomic E-state index is -1.30. The average Bonchev–Trinajstić information content (AvgIpc) is 2.61. The molecule has 15 heavy (non-hydrogen) atoms. The van der Waals surface area contributed by atoms with Gasteiger partial charge < -0.3 is 4.90 Å². The molecule has 2 unspecified atom stereocenters. The zero-order valence-corrected chi connectivity index (χ0v) is 9.12. The van der Waals surface area contributed by atoms with Crippen molar-refractivity contribution >= 4 is 21.8 Å². The minimum Gasteiger partial charge on any atom is -0.328 e. The van der Waals surface area contributed by atoms with Gasteiger partial charge in [-0.25, -0.2) is 0 Å². The number of hydrogen-bond donors (Lipinski definition) is 0. The Kier molecular flexibility index (Phi) is 3.56. The molecule has 9 heteroatoms. The van der Waals surface area contributed by atoms with Crippen molar-refractivity contribution in [1.82, 2.24) is 4.90 Å². The highest BCUT2D eigenvalue weighted by Gasteiger charge is 2.50. The summed E-state index contributed by atoms with van der Waals surface area (Å²) in [6.07, 6.45) is 0. The smallest absolute Gasteiger partial charge is 0.297 e. The summed E-state index contributed by atoms with van der Waals surface area (Å²) in [5, 5.41) is 21.1. The molecule has 1 aliphatic rings. The highest BCUT2D eigenvalue weighted by Crippen LogP contribution is 2.16. The predicted molar refractivity (Wildman–Crippen MR) is 51.9 cm³/mol. The molecule has 2 atom stereocenters. The van der Waals surface area contributed by atoms with E-state index in [-0.39, 0.29) is 24.3 Å². The molecule has 1 amide bonds. The van der Waals surface area contributed by atoms with Crippen LogP contribution in [0.2, 0.25) is 0 Å². The van der Waals surface area contributed by atoms with Gasteiger partial charge in [0.15, 0.2) is 0 Å². The summed E-state index contributed by atoms with van der Waals surface area (Å²) in [6.45, 7) is -0.383. The van der Waals surface area contributed by atoms with Gasteiger partial charge in [0, 0.05) is 9.85 Å². The molecular formula is C6H8BrN3O5. The monoisotopic (exact) mass is 281 g/mol.